The van der Waals surface area contributed by atoms with Crippen molar-refractivity contribution in [3.05, 3.63) is 83.4 Å². The first-order chi connectivity index (χ1) is 15.7. The average Bonchev–Trinajstić information content (AvgIpc) is 2.86. The summed E-state index contributed by atoms with van der Waals surface area (Å²) in [6, 6.07) is 23.8. The number of hydrogen-bond donors (Lipinski definition) is 2. The summed E-state index contributed by atoms with van der Waals surface area (Å²) in [6.45, 7) is 5.15. The summed E-state index contributed by atoms with van der Waals surface area (Å²) < 4.78 is 11.4. The van der Waals surface area contributed by atoms with Gasteiger partial charge in [-0.15, -0.1) is 0 Å². The molecule has 3 aromatic carbocycles. The monoisotopic (exact) mass is 431 g/mol. The summed E-state index contributed by atoms with van der Waals surface area (Å²) in [5.74, 6) is 0.789. The largest absolute Gasteiger partial charge is 0.381 e. The lowest BCUT2D eigenvalue weighted by Crippen LogP contribution is -2.38. The fourth-order valence-corrected chi connectivity index (χ4v) is 3.96. The number of nitrogens with zero attached hydrogens (tertiary/aromatic N) is 1. The van der Waals surface area contributed by atoms with Crippen LogP contribution in [0, 0.1) is 0 Å². The van der Waals surface area contributed by atoms with Crippen molar-refractivity contribution in [2.24, 2.45) is 4.99 Å². The number of aliphatic imine (C=N–C) groups is 1. The van der Waals surface area contributed by atoms with Gasteiger partial charge in [-0.2, -0.15) is 0 Å². The highest BCUT2D eigenvalue weighted by Gasteiger charge is 2.14. The molecule has 1 atom stereocenters. The number of benzene rings is 3. The van der Waals surface area contributed by atoms with Crippen molar-refractivity contribution in [1.29, 1.82) is 0 Å². The van der Waals surface area contributed by atoms with Crippen molar-refractivity contribution in [1.82, 2.24) is 10.6 Å². The number of ether oxygens (including phenoxy) is 2. The minimum absolute atomic E-state index is 0.149. The normalized spacial score (nSPS) is 16.1. The molecule has 1 fully saturated rings. The molecule has 0 aromatic heterocycles. The molecule has 1 aliphatic rings. The fraction of sp³-hybridized carbons (Fsp3) is 0.370. The van der Waals surface area contributed by atoms with E-state index in [2.05, 4.69) is 89.3 Å². The maximum atomic E-state index is 6.01. The molecule has 4 rings (SSSR count). The molecule has 0 radical (unpaired) electrons. The predicted octanol–water partition coefficient (Wildman–Crippen LogP) is 4.96. The zero-order chi connectivity index (χ0) is 22.2. The van der Waals surface area contributed by atoms with E-state index in [-0.39, 0.29) is 6.04 Å². The molecule has 32 heavy (non-hydrogen) atoms. The van der Waals surface area contributed by atoms with Gasteiger partial charge in [-0.05, 0) is 53.3 Å². The Hall–Kier alpha value is -2.89. The highest BCUT2D eigenvalue weighted by molar-refractivity contribution is 5.84. The van der Waals surface area contributed by atoms with Crippen molar-refractivity contribution < 1.29 is 9.47 Å². The highest BCUT2D eigenvalue weighted by atomic mass is 16.5. The van der Waals surface area contributed by atoms with E-state index in [9.17, 15) is 0 Å². The van der Waals surface area contributed by atoms with Gasteiger partial charge in [0.05, 0.1) is 18.8 Å². The molecule has 0 aliphatic carbocycles. The highest BCUT2D eigenvalue weighted by Crippen LogP contribution is 2.20. The minimum atomic E-state index is 0.149. The maximum absolute atomic E-state index is 6.01. The van der Waals surface area contributed by atoms with E-state index in [1.165, 1.54) is 27.5 Å². The van der Waals surface area contributed by atoms with Crippen LogP contribution in [0.4, 0.5) is 0 Å². The number of guanidine groups is 1. The maximum Gasteiger partial charge on any atom is 0.191 e. The second-order valence-corrected chi connectivity index (χ2v) is 8.34. The van der Waals surface area contributed by atoms with E-state index in [4.69, 9.17) is 9.47 Å². The van der Waals surface area contributed by atoms with Gasteiger partial charge in [-0.1, -0.05) is 60.7 Å². The average molecular weight is 432 g/mol. The molecule has 5 nitrogen and oxygen atoms in total. The molecule has 0 spiro atoms. The Kier molecular flexibility index (Phi) is 7.75. The minimum Gasteiger partial charge on any atom is -0.381 e. The van der Waals surface area contributed by atoms with Gasteiger partial charge in [0, 0.05) is 26.8 Å². The third-order valence-electron chi connectivity index (χ3n) is 5.99. The van der Waals surface area contributed by atoms with E-state index in [0.29, 0.717) is 19.3 Å². The quantitative estimate of drug-likeness (QED) is 0.410. The molecule has 1 heterocycles. The number of fused-ring (bicyclic) bond motifs is 1. The Balaban J connectivity index is 1.27. The second kappa shape index (κ2) is 11.1. The van der Waals surface area contributed by atoms with Gasteiger partial charge < -0.3 is 20.1 Å². The molecular weight excluding hydrogens is 398 g/mol. The number of hydrogen-bond acceptors (Lipinski definition) is 3. The molecule has 3 aromatic rings. The first-order valence-corrected chi connectivity index (χ1v) is 11.4. The lowest BCUT2D eigenvalue weighted by molar-refractivity contribution is -0.0390. The molecule has 1 saturated heterocycles. The van der Waals surface area contributed by atoms with Crippen LogP contribution in [0.5, 0.6) is 0 Å². The van der Waals surface area contributed by atoms with Crippen molar-refractivity contribution >= 4 is 16.7 Å². The smallest absolute Gasteiger partial charge is 0.191 e. The van der Waals surface area contributed by atoms with Gasteiger partial charge in [0.15, 0.2) is 5.96 Å². The van der Waals surface area contributed by atoms with Gasteiger partial charge in [-0.3, -0.25) is 4.99 Å². The van der Waals surface area contributed by atoms with Crippen molar-refractivity contribution in [2.75, 3.05) is 20.3 Å². The molecule has 0 saturated carbocycles. The Morgan fingerprint density at radius 2 is 1.72 bits per heavy atom. The molecule has 0 bridgehead atoms. The zero-order valence-electron chi connectivity index (χ0n) is 19.0. The topological polar surface area (TPSA) is 54.9 Å². The summed E-state index contributed by atoms with van der Waals surface area (Å²) in [4.78, 5) is 4.39. The van der Waals surface area contributed by atoms with E-state index < -0.39 is 0 Å². The lowest BCUT2D eigenvalue weighted by atomic mass is 10.0. The summed E-state index contributed by atoms with van der Waals surface area (Å²) in [7, 11) is 1.80. The number of nitrogens with one attached hydrogen (secondary N) is 2. The third kappa shape index (κ3) is 6.09. The van der Waals surface area contributed by atoms with Crippen LogP contribution in [-0.2, 0) is 22.6 Å². The van der Waals surface area contributed by atoms with Crippen LogP contribution in [-0.4, -0.2) is 32.3 Å². The van der Waals surface area contributed by atoms with Crippen LogP contribution in [0.25, 0.3) is 10.8 Å². The summed E-state index contributed by atoms with van der Waals surface area (Å²) in [5, 5.41) is 9.42. The van der Waals surface area contributed by atoms with Crippen LogP contribution in [0.1, 0.15) is 42.5 Å². The molecule has 1 unspecified atom stereocenters. The van der Waals surface area contributed by atoms with Crippen LogP contribution in [0.2, 0.25) is 0 Å². The van der Waals surface area contributed by atoms with Crippen molar-refractivity contribution in [3.8, 4) is 0 Å². The van der Waals surface area contributed by atoms with E-state index in [1.54, 1.807) is 7.05 Å². The summed E-state index contributed by atoms with van der Waals surface area (Å²) >= 11 is 0. The molecule has 1 aliphatic heterocycles. The number of rotatable bonds is 7. The van der Waals surface area contributed by atoms with Crippen LogP contribution >= 0.6 is 0 Å². The summed E-state index contributed by atoms with van der Waals surface area (Å²) in [5.41, 5.74) is 3.65. The van der Waals surface area contributed by atoms with Gasteiger partial charge in [0.25, 0.3) is 0 Å². The van der Waals surface area contributed by atoms with Crippen LogP contribution in [0.3, 0.4) is 0 Å². The van der Waals surface area contributed by atoms with E-state index >= 15 is 0 Å². The van der Waals surface area contributed by atoms with Crippen molar-refractivity contribution in [3.63, 3.8) is 0 Å². The fourth-order valence-electron chi connectivity index (χ4n) is 3.96. The zero-order valence-corrected chi connectivity index (χ0v) is 19.0. The van der Waals surface area contributed by atoms with Gasteiger partial charge >= 0.3 is 0 Å². The lowest BCUT2D eigenvalue weighted by Gasteiger charge is -2.22. The Labute approximate surface area is 190 Å². The predicted molar refractivity (Wildman–Crippen MR) is 131 cm³/mol. The van der Waals surface area contributed by atoms with Crippen molar-refractivity contribution in [2.45, 2.75) is 45.1 Å². The van der Waals surface area contributed by atoms with Gasteiger partial charge in [-0.25, -0.2) is 0 Å². The Bertz CT molecular complexity index is 1030. The van der Waals surface area contributed by atoms with Crippen LogP contribution in [0.15, 0.2) is 71.7 Å². The van der Waals surface area contributed by atoms with E-state index in [0.717, 1.165) is 32.0 Å². The molecule has 0 amide bonds. The molecule has 2 N–H and O–H groups in total. The van der Waals surface area contributed by atoms with E-state index in [1.807, 2.05) is 0 Å². The molecule has 5 heteroatoms. The standard InChI is InChI=1S/C27H33N3O2/c1-20(24-12-11-23-5-3-4-6-25(23)17-24)30-27(28-2)29-18-21-7-9-22(10-8-21)19-32-26-13-15-31-16-14-26/h3-12,17,20,26H,13-16,18-19H2,1-2H3,(H2,28,29,30). The third-order valence-corrected chi connectivity index (χ3v) is 5.99. The first kappa shape index (κ1) is 22.3. The Morgan fingerprint density at radius 3 is 2.47 bits per heavy atom. The second-order valence-electron chi connectivity index (χ2n) is 8.34. The van der Waals surface area contributed by atoms with Crippen LogP contribution < -0.4 is 10.6 Å². The van der Waals surface area contributed by atoms with Gasteiger partial charge in [0.2, 0.25) is 0 Å². The molecule has 168 valence electrons. The Morgan fingerprint density at radius 1 is 1.00 bits per heavy atom. The first-order valence-electron chi connectivity index (χ1n) is 11.4. The van der Waals surface area contributed by atoms with Gasteiger partial charge in [0.1, 0.15) is 0 Å². The molecular formula is C27H33N3O2. The SMILES string of the molecule is CN=C(NCc1ccc(COC2CCOCC2)cc1)NC(C)c1ccc2ccccc2c1. The summed E-state index contributed by atoms with van der Waals surface area (Å²) in [6.07, 6.45) is 2.31.